The molecule has 0 bridgehead atoms. The summed E-state index contributed by atoms with van der Waals surface area (Å²) in [6, 6.07) is 0. The van der Waals surface area contributed by atoms with Gasteiger partial charge >= 0.3 is 0 Å². The van der Waals surface area contributed by atoms with Crippen molar-refractivity contribution in [2.45, 2.75) is 13.8 Å². The van der Waals surface area contributed by atoms with Crippen LogP contribution in [0, 0.1) is 25.7 Å². The van der Waals surface area contributed by atoms with Crippen LogP contribution in [0.5, 0.6) is 0 Å². The number of rotatable bonds is 0. The molecule has 0 unspecified atom stereocenters. The SMILES string of the molecule is Cc1c(Br)cnc(F)c1Br.Cc1c(Br)cnc(F)c1Br. The van der Waals surface area contributed by atoms with E-state index in [1.165, 1.54) is 12.4 Å². The first-order valence-corrected chi connectivity index (χ1v) is 8.35. The lowest BCUT2D eigenvalue weighted by Gasteiger charge is -1.99. The summed E-state index contributed by atoms with van der Waals surface area (Å²) < 4.78 is 27.6. The Labute approximate surface area is 148 Å². The fourth-order valence-corrected chi connectivity index (χ4v) is 2.82. The van der Waals surface area contributed by atoms with Crippen molar-refractivity contribution >= 4 is 63.7 Å². The maximum atomic E-state index is 12.6. The van der Waals surface area contributed by atoms with Gasteiger partial charge < -0.3 is 0 Å². The Morgan fingerprint density at radius 2 is 1.05 bits per heavy atom. The summed E-state index contributed by atoms with van der Waals surface area (Å²) in [5.74, 6) is -0.943. The van der Waals surface area contributed by atoms with Crippen LogP contribution < -0.4 is 0 Å². The molecule has 0 amide bonds. The second-order valence-corrected chi connectivity index (χ2v) is 6.97. The molecule has 0 atom stereocenters. The molecule has 108 valence electrons. The van der Waals surface area contributed by atoms with Crippen LogP contribution >= 0.6 is 63.7 Å². The minimum Gasteiger partial charge on any atom is -0.226 e. The van der Waals surface area contributed by atoms with Gasteiger partial charge in [-0.05, 0) is 88.7 Å². The first-order chi connectivity index (χ1) is 9.25. The molecule has 8 heteroatoms. The van der Waals surface area contributed by atoms with Gasteiger partial charge in [0.05, 0.1) is 8.95 Å². The molecule has 0 aliphatic carbocycles. The van der Waals surface area contributed by atoms with Gasteiger partial charge in [0, 0.05) is 21.3 Å². The molecule has 0 N–H and O–H groups in total. The summed E-state index contributed by atoms with van der Waals surface area (Å²) in [7, 11) is 0. The molecule has 2 rings (SSSR count). The molecule has 0 saturated heterocycles. The fourth-order valence-electron chi connectivity index (χ4n) is 1.05. The number of aromatic nitrogens is 2. The van der Waals surface area contributed by atoms with Crippen molar-refractivity contribution in [1.82, 2.24) is 9.97 Å². The van der Waals surface area contributed by atoms with E-state index in [1.807, 2.05) is 0 Å². The van der Waals surface area contributed by atoms with Gasteiger partial charge in [0.1, 0.15) is 0 Å². The zero-order chi connectivity index (χ0) is 15.4. The quantitative estimate of drug-likeness (QED) is 0.379. The normalized spacial score (nSPS) is 10.0. The standard InChI is InChI=1S/2C6H4Br2FN/c2*1-3-4(7)2-10-6(9)5(3)8/h2*2H,1H3. The van der Waals surface area contributed by atoms with Gasteiger partial charge in [-0.15, -0.1) is 0 Å². The molecule has 2 heterocycles. The summed E-state index contributed by atoms with van der Waals surface area (Å²) >= 11 is 12.6. The Hall–Kier alpha value is 0.0800. The number of hydrogen-bond donors (Lipinski definition) is 0. The van der Waals surface area contributed by atoms with Crippen LogP contribution in [0.15, 0.2) is 30.3 Å². The minimum absolute atomic E-state index is 0.418. The number of hydrogen-bond acceptors (Lipinski definition) is 2. The zero-order valence-corrected chi connectivity index (χ0v) is 16.7. The topological polar surface area (TPSA) is 25.8 Å². The average Bonchev–Trinajstić information content (AvgIpc) is 2.43. The minimum atomic E-state index is -0.472. The van der Waals surface area contributed by atoms with Gasteiger partial charge in [0.15, 0.2) is 0 Å². The summed E-state index contributed by atoms with van der Waals surface area (Å²) in [5, 5.41) is 0. The summed E-state index contributed by atoms with van der Waals surface area (Å²) in [4.78, 5) is 6.96. The molecule has 20 heavy (non-hydrogen) atoms. The van der Waals surface area contributed by atoms with E-state index in [1.54, 1.807) is 13.8 Å². The van der Waals surface area contributed by atoms with Crippen LogP contribution in [0.4, 0.5) is 8.78 Å². The predicted molar refractivity (Wildman–Crippen MR) is 88.7 cm³/mol. The van der Waals surface area contributed by atoms with E-state index in [2.05, 4.69) is 73.7 Å². The van der Waals surface area contributed by atoms with Crippen LogP contribution in [-0.4, -0.2) is 9.97 Å². The van der Waals surface area contributed by atoms with E-state index in [0.29, 0.717) is 8.95 Å². The van der Waals surface area contributed by atoms with Crippen molar-refractivity contribution in [1.29, 1.82) is 0 Å². The Kier molecular flexibility index (Phi) is 7.17. The third-order valence-corrected chi connectivity index (χ3v) is 5.76. The first kappa shape index (κ1) is 18.1. The van der Waals surface area contributed by atoms with Gasteiger partial charge in [0.2, 0.25) is 11.9 Å². The highest BCUT2D eigenvalue weighted by atomic mass is 79.9. The fraction of sp³-hybridized carbons (Fsp3) is 0.167. The van der Waals surface area contributed by atoms with Crippen molar-refractivity contribution in [3.63, 3.8) is 0 Å². The lowest BCUT2D eigenvalue weighted by Crippen LogP contribution is -1.88. The van der Waals surface area contributed by atoms with Crippen molar-refractivity contribution in [2.24, 2.45) is 0 Å². The Bertz CT molecular complexity index is 526. The van der Waals surface area contributed by atoms with Gasteiger partial charge in [-0.3, -0.25) is 0 Å². The summed E-state index contributed by atoms with van der Waals surface area (Å²) in [6.45, 7) is 3.61. The molecule has 0 saturated carbocycles. The van der Waals surface area contributed by atoms with Crippen LogP contribution in [-0.2, 0) is 0 Å². The van der Waals surface area contributed by atoms with Crippen molar-refractivity contribution in [2.75, 3.05) is 0 Å². The van der Waals surface area contributed by atoms with Gasteiger partial charge in [-0.1, -0.05) is 0 Å². The highest BCUT2D eigenvalue weighted by molar-refractivity contribution is 9.11. The third-order valence-electron chi connectivity index (χ3n) is 2.32. The van der Waals surface area contributed by atoms with Crippen LogP contribution in [0.25, 0.3) is 0 Å². The van der Waals surface area contributed by atoms with Gasteiger partial charge in [0.25, 0.3) is 0 Å². The van der Waals surface area contributed by atoms with E-state index >= 15 is 0 Å². The molecule has 0 aliphatic rings. The molecule has 0 radical (unpaired) electrons. The monoisotopic (exact) mass is 534 g/mol. The third kappa shape index (κ3) is 4.54. The maximum absolute atomic E-state index is 12.6. The maximum Gasteiger partial charge on any atom is 0.227 e. The average molecular weight is 538 g/mol. The number of pyridine rings is 2. The molecular weight excluding hydrogens is 530 g/mol. The molecule has 2 aromatic rings. The van der Waals surface area contributed by atoms with Crippen molar-refractivity contribution in [3.8, 4) is 0 Å². The van der Waals surface area contributed by atoms with E-state index < -0.39 is 11.9 Å². The lowest BCUT2D eigenvalue weighted by atomic mass is 10.3. The lowest BCUT2D eigenvalue weighted by molar-refractivity contribution is 0.574. The molecular formula is C12H8Br4F2N2. The van der Waals surface area contributed by atoms with E-state index in [-0.39, 0.29) is 0 Å². The number of halogens is 6. The van der Waals surface area contributed by atoms with Crippen LogP contribution in [0.2, 0.25) is 0 Å². The summed E-state index contributed by atoms with van der Waals surface area (Å²) in [6.07, 6.45) is 2.88. The number of nitrogens with zero attached hydrogens (tertiary/aromatic N) is 2. The van der Waals surface area contributed by atoms with E-state index in [4.69, 9.17) is 0 Å². The van der Waals surface area contributed by atoms with Crippen molar-refractivity contribution < 1.29 is 8.78 Å². The zero-order valence-electron chi connectivity index (χ0n) is 10.3. The van der Waals surface area contributed by atoms with Gasteiger partial charge in [-0.25, -0.2) is 9.97 Å². The molecule has 0 fully saturated rings. The molecule has 0 aromatic carbocycles. The Balaban J connectivity index is 0.000000200. The largest absolute Gasteiger partial charge is 0.227 e. The molecule has 0 aliphatic heterocycles. The van der Waals surface area contributed by atoms with E-state index in [0.717, 1.165) is 20.1 Å². The summed E-state index contributed by atoms with van der Waals surface area (Å²) in [5.41, 5.74) is 1.65. The van der Waals surface area contributed by atoms with Gasteiger partial charge in [-0.2, -0.15) is 8.78 Å². The highest BCUT2D eigenvalue weighted by Gasteiger charge is 2.06. The highest BCUT2D eigenvalue weighted by Crippen LogP contribution is 2.25. The smallest absolute Gasteiger partial charge is 0.226 e. The second-order valence-electron chi connectivity index (χ2n) is 3.67. The second kappa shape index (κ2) is 7.91. The Morgan fingerprint density at radius 1 is 0.750 bits per heavy atom. The van der Waals surface area contributed by atoms with Crippen LogP contribution in [0.1, 0.15) is 11.1 Å². The predicted octanol–water partition coefficient (Wildman–Crippen LogP) is 6.11. The van der Waals surface area contributed by atoms with Crippen LogP contribution in [0.3, 0.4) is 0 Å². The first-order valence-electron chi connectivity index (χ1n) is 5.17. The van der Waals surface area contributed by atoms with Crippen molar-refractivity contribution in [3.05, 3.63) is 53.3 Å². The molecule has 0 spiro atoms. The molecule has 2 aromatic heterocycles. The van der Waals surface area contributed by atoms with E-state index in [9.17, 15) is 8.78 Å². The molecule has 2 nitrogen and oxygen atoms in total. The Morgan fingerprint density at radius 3 is 1.30 bits per heavy atom.